The molecule has 1 rings (SSSR count). The summed E-state index contributed by atoms with van der Waals surface area (Å²) >= 11 is 0. The standard InChI is InChI=1S/C32H57F3N4O4/c1-3-4-5-6-7-8-9-10-11-12-13-14-15-16-17-18-30(32(33,34)35)39-29(25-28-26-36-27-38-28)31(40)37-19-20-42-23-24-43-22-21-41-2/h8-9,26-27,29-30,39H,3-7,10-25H2,1-2H3,(H,36,38)(H,37,40)/b9-8-. The summed E-state index contributed by atoms with van der Waals surface area (Å²) in [5.41, 5.74) is 0.584. The first-order chi connectivity index (χ1) is 20.9. The number of aromatic nitrogens is 2. The van der Waals surface area contributed by atoms with E-state index in [4.69, 9.17) is 14.2 Å². The topological polar surface area (TPSA) is 97.5 Å². The lowest BCUT2D eigenvalue weighted by Gasteiger charge is -2.27. The number of hydrogen-bond donors (Lipinski definition) is 3. The number of nitrogens with zero attached hydrogens (tertiary/aromatic N) is 1. The molecule has 0 aliphatic heterocycles. The second-order valence-corrected chi connectivity index (χ2v) is 11.0. The largest absolute Gasteiger partial charge is 0.403 e. The van der Waals surface area contributed by atoms with Crippen molar-refractivity contribution in [2.75, 3.05) is 46.7 Å². The molecule has 0 bridgehead atoms. The first kappa shape index (κ1) is 39.1. The molecule has 11 heteroatoms. The maximum absolute atomic E-state index is 13.9. The van der Waals surface area contributed by atoms with Gasteiger partial charge in [0.2, 0.25) is 5.91 Å². The molecular formula is C32H57F3N4O4. The Morgan fingerprint density at radius 2 is 1.51 bits per heavy atom. The molecule has 1 aromatic heterocycles. The third kappa shape index (κ3) is 22.2. The summed E-state index contributed by atoms with van der Waals surface area (Å²) in [4.78, 5) is 19.7. The van der Waals surface area contributed by atoms with Gasteiger partial charge in [-0.25, -0.2) is 4.98 Å². The lowest BCUT2D eigenvalue weighted by molar-refractivity contribution is -0.160. The Hall–Kier alpha value is -1.95. The molecule has 3 N–H and O–H groups in total. The van der Waals surface area contributed by atoms with Crippen LogP contribution >= 0.6 is 0 Å². The van der Waals surface area contributed by atoms with E-state index in [9.17, 15) is 18.0 Å². The van der Waals surface area contributed by atoms with Crippen LogP contribution < -0.4 is 10.6 Å². The molecule has 43 heavy (non-hydrogen) atoms. The van der Waals surface area contributed by atoms with Crippen molar-refractivity contribution < 1.29 is 32.2 Å². The lowest BCUT2D eigenvalue weighted by atomic mass is 10.0. The number of rotatable bonds is 29. The van der Waals surface area contributed by atoms with Crippen molar-refractivity contribution in [3.05, 3.63) is 30.4 Å². The number of hydrogen-bond acceptors (Lipinski definition) is 6. The maximum Gasteiger partial charge on any atom is 0.403 e. The Kier molecular flexibility index (Phi) is 24.0. The van der Waals surface area contributed by atoms with E-state index in [1.807, 2.05) is 0 Å². The number of imidazole rings is 1. The van der Waals surface area contributed by atoms with E-state index in [0.29, 0.717) is 38.5 Å². The molecule has 0 aromatic carbocycles. The number of methoxy groups -OCH3 is 1. The quantitative estimate of drug-likeness (QED) is 0.0685. The zero-order chi connectivity index (χ0) is 31.4. The molecule has 1 heterocycles. The second kappa shape index (κ2) is 26.5. The van der Waals surface area contributed by atoms with Gasteiger partial charge in [-0.3, -0.25) is 10.1 Å². The highest BCUT2D eigenvalue weighted by Gasteiger charge is 2.41. The molecule has 2 atom stereocenters. The summed E-state index contributed by atoms with van der Waals surface area (Å²) in [5, 5.41) is 5.29. The van der Waals surface area contributed by atoms with E-state index in [0.717, 1.165) is 38.5 Å². The molecular weight excluding hydrogens is 561 g/mol. The van der Waals surface area contributed by atoms with Crippen LogP contribution in [0.1, 0.15) is 103 Å². The Morgan fingerprint density at radius 1 is 0.907 bits per heavy atom. The number of amides is 1. The summed E-state index contributed by atoms with van der Waals surface area (Å²) in [7, 11) is 1.59. The van der Waals surface area contributed by atoms with E-state index >= 15 is 0 Å². The fourth-order valence-electron chi connectivity index (χ4n) is 4.68. The molecule has 0 saturated carbocycles. The van der Waals surface area contributed by atoms with Gasteiger partial charge in [0.25, 0.3) is 0 Å². The average molecular weight is 619 g/mol. The first-order valence-corrected chi connectivity index (χ1v) is 16.3. The number of H-pyrrole nitrogens is 1. The van der Waals surface area contributed by atoms with Crippen LogP contribution in [0.3, 0.4) is 0 Å². The van der Waals surface area contributed by atoms with Crippen molar-refractivity contribution in [3.8, 4) is 0 Å². The summed E-state index contributed by atoms with van der Waals surface area (Å²) < 4.78 is 57.5. The molecule has 1 amide bonds. The SMILES string of the molecule is CCCCCC/C=C\CCCCCCCCCC(NC(Cc1cnc[nH]1)C(=O)NCCOCCOCCOC)C(F)(F)F. The number of allylic oxidation sites excluding steroid dienone is 2. The fourth-order valence-corrected chi connectivity index (χ4v) is 4.68. The number of carbonyl (C=O) groups excluding carboxylic acids is 1. The maximum atomic E-state index is 13.9. The van der Waals surface area contributed by atoms with Crippen molar-refractivity contribution >= 4 is 5.91 Å². The Bertz CT molecular complexity index is 794. The van der Waals surface area contributed by atoms with Crippen molar-refractivity contribution in [2.24, 2.45) is 0 Å². The van der Waals surface area contributed by atoms with Gasteiger partial charge in [0.05, 0.1) is 45.4 Å². The summed E-state index contributed by atoms with van der Waals surface area (Å²) in [6.45, 7) is 4.35. The summed E-state index contributed by atoms with van der Waals surface area (Å²) in [6, 6.07) is -2.82. The minimum absolute atomic E-state index is 0.0640. The van der Waals surface area contributed by atoms with Crippen LogP contribution in [0.5, 0.6) is 0 Å². The minimum atomic E-state index is -4.46. The zero-order valence-electron chi connectivity index (χ0n) is 26.5. The molecule has 2 unspecified atom stereocenters. The highest BCUT2D eigenvalue weighted by molar-refractivity contribution is 5.82. The molecule has 0 radical (unpaired) electrons. The number of aromatic amines is 1. The van der Waals surface area contributed by atoms with Crippen LogP contribution in [-0.2, 0) is 25.4 Å². The van der Waals surface area contributed by atoms with E-state index < -0.39 is 24.2 Å². The van der Waals surface area contributed by atoms with Crippen LogP contribution in [0.25, 0.3) is 0 Å². The van der Waals surface area contributed by atoms with E-state index in [1.165, 1.54) is 51.0 Å². The molecule has 0 aliphatic rings. The summed E-state index contributed by atoms with van der Waals surface area (Å²) in [5.74, 6) is -0.505. The molecule has 250 valence electrons. The van der Waals surface area contributed by atoms with E-state index in [2.05, 4.69) is 39.7 Å². The van der Waals surface area contributed by atoms with E-state index in [-0.39, 0.29) is 26.0 Å². The van der Waals surface area contributed by atoms with Crippen LogP contribution in [0.2, 0.25) is 0 Å². The average Bonchev–Trinajstić information content (AvgIpc) is 3.49. The summed E-state index contributed by atoms with van der Waals surface area (Å²) in [6.07, 6.45) is 17.1. The Morgan fingerprint density at radius 3 is 2.12 bits per heavy atom. The monoisotopic (exact) mass is 618 g/mol. The molecule has 0 spiro atoms. The predicted octanol–water partition coefficient (Wildman–Crippen LogP) is 6.67. The van der Waals surface area contributed by atoms with Crippen LogP contribution in [-0.4, -0.2) is 80.8 Å². The van der Waals surface area contributed by atoms with Crippen LogP contribution in [0, 0.1) is 0 Å². The number of carbonyl (C=O) groups is 1. The zero-order valence-corrected chi connectivity index (χ0v) is 26.5. The molecule has 0 aliphatic carbocycles. The number of alkyl halides is 3. The van der Waals surface area contributed by atoms with E-state index in [1.54, 1.807) is 7.11 Å². The first-order valence-electron chi connectivity index (χ1n) is 16.3. The second-order valence-electron chi connectivity index (χ2n) is 11.0. The highest BCUT2D eigenvalue weighted by atomic mass is 19.4. The van der Waals surface area contributed by atoms with Gasteiger partial charge < -0.3 is 24.5 Å². The fraction of sp³-hybridized carbons (Fsp3) is 0.812. The third-order valence-electron chi connectivity index (χ3n) is 7.20. The van der Waals surface area contributed by atoms with Gasteiger partial charge in [-0.05, 0) is 32.1 Å². The van der Waals surface area contributed by atoms with Gasteiger partial charge in [-0.1, -0.05) is 76.9 Å². The number of unbranched alkanes of at least 4 members (excludes halogenated alkanes) is 11. The highest BCUT2D eigenvalue weighted by Crippen LogP contribution is 2.25. The van der Waals surface area contributed by atoms with Crippen LogP contribution in [0.15, 0.2) is 24.7 Å². The minimum Gasteiger partial charge on any atom is -0.382 e. The molecule has 8 nitrogen and oxygen atoms in total. The Balaban J connectivity index is 2.35. The molecule has 1 aromatic rings. The van der Waals surface area contributed by atoms with Gasteiger partial charge in [-0.2, -0.15) is 13.2 Å². The number of ether oxygens (including phenoxy) is 3. The van der Waals surface area contributed by atoms with Crippen LogP contribution in [0.4, 0.5) is 13.2 Å². The normalized spacial score (nSPS) is 13.5. The molecule has 0 saturated heterocycles. The van der Waals surface area contributed by atoms with Crippen molar-refractivity contribution in [3.63, 3.8) is 0 Å². The van der Waals surface area contributed by atoms with Gasteiger partial charge in [0.15, 0.2) is 0 Å². The lowest BCUT2D eigenvalue weighted by Crippen LogP contribution is -2.54. The predicted molar refractivity (Wildman–Crippen MR) is 165 cm³/mol. The van der Waals surface area contributed by atoms with Crippen molar-refractivity contribution in [1.82, 2.24) is 20.6 Å². The number of nitrogens with one attached hydrogen (secondary N) is 3. The molecule has 0 fully saturated rings. The van der Waals surface area contributed by atoms with Crippen molar-refractivity contribution in [1.29, 1.82) is 0 Å². The number of halogens is 3. The Labute approximate surface area is 257 Å². The van der Waals surface area contributed by atoms with Gasteiger partial charge in [0, 0.05) is 32.0 Å². The van der Waals surface area contributed by atoms with Gasteiger partial charge in [-0.15, -0.1) is 0 Å². The van der Waals surface area contributed by atoms with Crippen molar-refractivity contribution in [2.45, 2.75) is 121 Å². The van der Waals surface area contributed by atoms with Gasteiger partial charge in [0.1, 0.15) is 6.04 Å². The van der Waals surface area contributed by atoms with Gasteiger partial charge >= 0.3 is 6.18 Å². The smallest absolute Gasteiger partial charge is 0.382 e. The third-order valence-corrected chi connectivity index (χ3v) is 7.20.